The van der Waals surface area contributed by atoms with Crippen LogP contribution in [0.5, 0.6) is 0 Å². The molecule has 0 aromatic carbocycles. The zero-order valence-corrected chi connectivity index (χ0v) is 23.7. The van der Waals surface area contributed by atoms with Crippen LogP contribution in [0.25, 0.3) is 0 Å². The highest BCUT2D eigenvalue weighted by atomic mass is 32.1. The molecule has 0 aliphatic rings. The number of rotatable bonds is 27. The van der Waals surface area contributed by atoms with E-state index in [1.54, 1.807) is 0 Å². The quantitative estimate of drug-likeness (QED) is 0.0837. The number of carbonyl (C=O) groups excluding carboxylic acids is 2. The highest BCUT2D eigenvalue weighted by Gasteiger charge is 2.17. The van der Waals surface area contributed by atoms with E-state index in [1.165, 1.54) is 116 Å². The van der Waals surface area contributed by atoms with Crippen LogP contribution in [0.4, 0.5) is 0 Å². The van der Waals surface area contributed by atoms with Gasteiger partial charge in [0.1, 0.15) is 6.10 Å². The molecule has 0 amide bonds. The molecule has 34 heavy (non-hydrogen) atoms. The van der Waals surface area contributed by atoms with E-state index in [0.717, 1.165) is 32.1 Å². The second-order valence-electron chi connectivity index (χ2n) is 10.3. The molecule has 201 valence electrons. The summed E-state index contributed by atoms with van der Waals surface area (Å²) >= 11 is 4.75. The summed E-state index contributed by atoms with van der Waals surface area (Å²) in [6.07, 6.45) is 29.3. The van der Waals surface area contributed by atoms with Crippen molar-refractivity contribution in [2.75, 3.05) is 0 Å². The Labute approximate surface area is 218 Å². The van der Waals surface area contributed by atoms with Gasteiger partial charge in [-0.25, -0.2) is 0 Å². The molecule has 0 fully saturated rings. The van der Waals surface area contributed by atoms with Crippen molar-refractivity contribution in [2.45, 2.75) is 180 Å². The van der Waals surface area contributed by atoms with Crippen molar-refractivity contribution in [1.82, 2.24) is 0 Å². The van der Waals surface area contributed by atoms with Gasteiger partial charge in [0, 0.05) is 6.42 Å². The smallest absolute Gasteiger partial charge is 0.306 e. The fourth-order valence-corrected chi connectivity index (χ4v) is 4.79. The molecule has 3 nitrogen and oxygen atoms in total. The second kappa shape index (κ2) is 27.0. The van der Waals surface area contributed by atoms with Gasteiger partial charge >= 0.3 is 5.97 Å². The molecule has 0 aliphatic heterocycles. The molecular weight excluding hydrogens is 440 g/mol. The maximum absolute atomic E-state index is 12.2. The molecule has 0 rings (SSSR count). The average Bonchev–Trinajstić information content (AvgIpc) is 2.80. The Hall–Kier alpha value is -0.640. The lowest BCUT2D eigenvalue weighted by molar-refractivity contribution is -0.150. The summed E-state index contributed by atoms with van der Waals surface area (Å²) in [5.41, 5.74) is 0. The first kappa shape index (κ1) is 33.4. The summed E-state index contributed by atoms with van der Waals surface area (Å²) in [6.45, 7) is 4.51. The van der Waals surface area contributed by atoms with Gasteiger partial charge in [0.2, 0.25) is 5.12 Å². The predicted octanol–water partition coefficient (Wildman–Crippen LogP) is 10.4. The SMILES string of the molecule is CCCCCCCCCCCCCCCC(=O)OC(CCCCCCCCCCC)CC(=O)[S]. The van der Waals surface area contributed by atoms with Crippen molar-refractivity contribution in [3.8, 4) is 0 Å². The molecule has 1 unspecified atom stereocenters. The normalized spacial score (nSPS) is 12.1. The van der Waals surface area contributed by atoms with Crippen molar-refractivity contribution in [3.05, 3.63) is 0 Å². The first-order chi connectivity index (χ1) is 16.6. The zero-order valence-electron chi connectivity index (χ0n) is 22.9. The lowest BCUT2D eigenvalue weighted by Gasteiger charge is -2.16. The van der Waals surface area contributed by atoms with Crippen molar-refractivity contribution >= 4 is 23.7 Å². The third-order valence-electron chi connectivity index (χ3n) is 6.81. The van der Waals surface area contributed by atoms with Gasteiger partial charge in [-0.1, -0.05) is 142 Å². The zero-order chi connectivity index (χ0) is 25.1. The minimum atomic E-state index is -0.316. The van der Waals surface area contributed by atoms with Gasteiger partial charge in [-0.3, -0.25) is 9.59 Å². The maximum atomic E-state index is 12.2. The number of carbonyl (C=O) groups is 2. The monoisotopic (exact) mass is 497 g/mol. The van der Waals surface area contributed by atoms with Gasteiger partial charge in [0.15, 0.2) is 0 Å². The Balaban J connectivity index is 3.67. The van der Waals surface area contributed by atoms with Gasteiger partial charge in [-0.2, -0.15) is 0 Å². The lowest BCUT2D eigenvalue weighted by atomic mass is 10.0. The van der Waals surface area contributed by atoms with E-state index in [-0.39, 0.29) is 23.6 Å². The fraction of sp³-hybridized carbons (Fsp3) is 0.933. The standard InChI is InChI=1S/C30H57O3S/c1-3-5-7-9-11-13-14-15-16-18-20-22-24-26-29(31)33-28(27-30(32)34)25-23-21-19-17-12-10-8-6-4-2/h28H,3-27H2,1-2H3. The summed E-state index contributed by atoms with van der Waals surface area (Å²) < 4.78 is 5.61. The van der Waals surface area contributed by atoms with E-state index in [4.69, 9.17) is 17.4 Å². The summed E-state index contributed by atoms with van der Waals surface area (Å²) in [4.78, 5) is 23.6. The van der Waals surface area contributed by atoms with Crippen molar-refractivity contribution in [1.29, 1.82) is 0 Å². The summed E-state index contributed by atoms with van der Waals surface area (Å²) in [5.74, 6) is -0.153. The maximum Gasteiger partial charge on any atom is 0.306 e. The molecule has 0 saturated carbocycles. The lowest BCUT2D eigenvalue weighted by Crippen LogP contribution is -2.20. The van der Waals surface area contributed by atoms with Crippen LogP contribution in [0.1, 0.15) is 174 Å². The van der Waals surface area contributed by atoms with Crippen molar-refractivity contribution in [2.24, 2.45) is 0 Å². The molecular formula is C30H57O3S. The average molecular weight is 498 g/mol. The van der Waals surface area contributed by atoms with Crippen LogP contribution < -0.4 is 0 Å². The Bertz CT molecular complexity index is 452. The van der Waals surface area contributed by atoms with Crippen LogP contribution in [0.2, 0.25) is 0 Å². The van der Waals surface area contributed by atoms with Crippen LogP contribution >= 0.6 is 12.6 Å². The van der Waals surface area contributed by atoms with Crippen LogP contribution in [0.3, 0.4) is 0 Å². The highest BCUT2D eigenvalue weighted by molar-refractivity contribution is 7.96. The molecule has 1 radical (unpaired) electrons. The van der Waals surface area contributed by atoms with Gasteiger partial charge in [0.05, 0.1) is 6.42 Å². The minimum absolute atomic E-state index is 0.153. The first-order valence-corrected chi connectivity index (χ1v) is 15.4. The number of esters is 1. The largest absolute Gasteiger partial charge is 0.462 e. The Morgan fingerprint density at radius 2 is 0.912 bits per heavy atom. The van der Waals surface area contributed by atoms with E-state index >= 15 is 0 Å². The number of unbranched alkanes of at least 4 members (excludes halogenated alkanes) is 20. The predicted molar refractivity (Wildman–Crippen MR) is 149 cm³/mol. The van der Waals surface area contributed by atoms with Gasteiger partial charge in [-0.15, -0.1) is 0 Å². The Morgan fingerprint density at radius 1 is 0.559 bits per heavy atom. The molecule has 0 aromatic rings. The van der Waals surface area contributed by atoms with Gasteiger partial charge in [0.25, 0.3) is 0 Å². The van der Waals surface area contributed by atoms with Gasteiger partial charge < -0.3 is 4.74 Å². The van der Waals surface area contributed by atoms with E-state index in [1.807, 2.05) is 0 Å². The van der Waals surface area contributed by atoms with E-state index < -0.39 is 0 Å². The molecule has 0 heterocycles. The Morgan fingerprint density at radius 3 is 1.29 bits per heavy atom. The van der Waals surface area contributed by atoms with Crippen LogP contribution in [0, 0.1) is 0 Å². The number of hydrogen-bond acceptors (Lipinski definition) is 3. The van der Waals surface area contributed by atoms with E-state index in [2.05, 4.69) is 13.8 Å². The van der Waals surface area contributed by atoms with Crippen molar-refractivity contribution in [3.63, 3.8) is 0 Å². The molecule has 1 atom stereocenters. The second-order valence-corrected chi connectivity index (χ2v) is 10.8. The fourth-order valence-electron chi connectivity index (χ4n) is 4.60. The Kier molecular flexibility index (Phi) is 26.4. The summed E-state index contributed by atoms with van der Waals surface area (Å²) in [6, 6.07) is 0. The molecule has 0 aliphatic carbocycles. The molecule has 0 bridgehead atoms. The first-order valence-electron chi connectivity index (χ1n) is 15.0. The molecule has 0 aromatic heterocycles. The highest BCUT2D eigenvalue weighted by Crippen LogP contribution is 2.17. The van der Waals surface area contributed by atoms with Crippen molar-refractivity contribution < 1.29 is 14.3 Å². The molecule has 0 spiro atoms. The van der Waals surface area contributed by atoms with Crippen LogP contribution in [0.15, 0.2) is 0 Å². The molecule has 4 heteroatoms. The van der Waals surface area contributed by atoms with E-state index in [0.29, 0.717) is 6.42 Å². The minimum Gasteiger partial charge on any atom is -0.462 e. The summed E-state index contributed by atoms with van der Waals surface area (Å²) in [7, 11) is 0. The van der Waals surface area contributed by atoms with Gasteiger partial charge in [-0.05, 0) is 31.9 Å². The summed E-state index contributed by atoms with van der Waals surface area (Å²) in [5, 5.41) is -0.297. The van der Waals surface area contributed by atoms with Crippen LogP contribution in [-0.2, 0) is 14.3 Å². The molecule has 0 N–H and O–H groups in total. The number of hydrogen-bond donors (Lipinski definition) is 0. The molecule has 0 saturated heterocycles. The number of ether oxygens (including phenoxy) is 1. The third-order valence-corrected chi connectivity index (χ3v) is 6.97. The van der Waals surface area contributed by atoms with E-state index in [9.17, 15) is 9.59 Å². The van der Waals surface area contributed by atoms with Crippen LogP contribution in [-0.4, -0.2) is 17.2 Å². The topological polar surface area (TPSA) is 43.4 Å². The third kappa shape index (κ3) is 26.0.